The van der Waals surface area contributed by atoms with E-state index < -0.39 is 9.52 Å². The van der Waals surface area contributed by atoms with Crippen LogP contribution in [0, 0.1) is 12.8 Å². The van der Waals surface area contributed by atoms with Gasteiger partial charge in [-0.25, -0.2) is 0 Å². The normalized spacial score (nSPS) is 14.6. The van der Waals surface area contributed by atoms with Crippen molar-refractivity contribution in [3.05, 3.63) is 6.92 Å². The van der Waals surface area contributed by atoms with E-state index in [0.717, 1.165) is 26.1 Å². The topological polar surface area (TPSA) is 44.5 Å². The second-order valence-electron chi connectivity index (χ2n) is 4.05. The molecule has 0 heterocycles. The van der Waals surface area contributed by atoms with Crippen LogP contribution in [0.3, 0.4) is 0 Å². The number of rotatable bonds is 9. The fourth-order valence-corrected chi connectivity index (χ4v) is 2.65. The van der Waals surface area contributed by atoms with Gasteiger partial charge in [-0.3, -0.25) is 0 Å². The fraction of sp³-hybridized carbons (Fsp3) is 0.909. The summed E-state index contributed by atoms with van der Waals surface area (Å²) in [6, 6.07) is 0. The smallest absolute Gasteiger partial charge is 0.136 e. The molecule has 0 fully saturated rings. The van der Waals surface area contributed by atoms with Gasteiger partial charge in [-0.15, -0.1) is 0 Å². The Morgan fingerprint density at radius 3 is 2.00 bits per heavy atom. The van der Waals surface area contributed by atoms with Crippen molar-refractivity contribution in [3.63, 3.8) is 0 Å². The maximum atomic E-state index is 6.00. The van der Waals surface area contributed by atoms with Gasteiger partial charge >= 0.3 is 0 Å². The Kier molecular flexibility index (Phi) is 9.39. The quantitative estimate of drug-likeness (QED) is 0.477. The molecular weight excluding hydrogens is 206 g/mol. The molecule has 0 amide bonds. The standard InChI is InChI=1S/C11H26NO2Si/c1-5-7-13-11(14-8-6-2)15-10(12)9(3)4/h9-11H,3,5-8,12,15H2,1-2,4H3. The van der Waals surface area contributed by atoms with Gasteiger partial charge in [0, 0.05) is 13.2 Å². The molecule has 0 aromatic rings. The molecule has 0 rings (SSSR count). The zero-order valence-electron chi connectivity index (χ0n) is 10.4. The van der Waals surface area contributed by atoms with Crippen LogP contribution in [0.2, 0.25) is 0 Å². The van der Waals surface area contributed by atoms with E-state index in [2.05, 4.69) is 20.8 Å². The van der Waals surface area contributed by atoms with Crippen LogP contribution in [0.15, 0.2) is 0 Å². The zero-order valence-corrected chi connectivity index (χ0v) is 11.8. The largest absolute Gasteiger partial charge is 0.357 e. The van der Waals surface area contributed by atoms with E-state index in [9.17, 15) is 0 Å². The minimum atomic E-state index is -0.568. The van der Waals surface area contributed by atoms with Crippen LogP contribution in [-0.2, 0) is 9.47 Å². The second kappa shape index (κ2) is 9.33. The number of nitrogens with two attached hydrogens (primary N) is 1. The summed E-state index contributed by atoms with van der Waals surface area (Å²) in [5.74, 6) is 0.263. The molecule has 4 heteroatoms. The van der Waals surface area contributed by atoms with E-state index in [4.69, 9.17) is 15.2 Å². The third-order valence-corrected chi connectivity index (χ3v) is 4.42. The number of ether oxygens (including phenoxy) is 2. The van der Waals surface area contributed by atoms with Crippen molar-refractivity contribution < 1.29 is 9.47 Å². The third-order valence-electron chi connectivity index (χ3n) is 2.21. The Morgan fingerprint density at radius 2 is 1.67 bits per heavy atom. The van der Waals surface area contributed by atoms with Crippen molar-refractivity contribution in [1.29, 1.82) is 0 Å². The lowest BCUT2D eigenvalue weighted by molar-refractivity contribution is -0.0911. The lowest BCUT2D eigenvalue weighted by atomic mass is 10.2. The van der Waals surface area contributed by atoms with Crippen LogP contribution in [0.25, 0.3) is 0 Å². The molecule has 0 aromatic heterocycles. The lowest BCUT2D eigenvalue weighted by Crippen LogP contribution is -2.42. The van der Waals surface area contributed by atoms with Crippen molar-refractivity contribution in [2.75, 3.05) is 13.2 Å². The molecule has 15 heavy (non-hydrogen) atoms. The predicted octanol–water partition coefficient (Wildman–Crippen LogP) is 1.05. The van der Waals surface area contributed by atoms with Crippen LogP contribution in [0.5, 0.6) is 0 Å². The zero-order chi connectivity index (χ0) is 11.7. The van der Waals surface area contributed by atoms with Crippen molar-refractivity contribution in [3.8, 4) is 0 Å². The van der Waals surface area contributed by atoms with Gasteiger partial charge in [0.15, 0.2) is 0 Å². The van der Waals surface area contributed by atoms with Gasteiger partial charge in [0.2, 0.25) is 0 Å². The SMILES string of the molecule is [CH2]C(C)C(N)[SiH2]C(OCCC)OCCC. The highest BCUT2D eigenvalue weighted by molar-refractivity contribution is 6.38. The van der Waals surface area contributed by atoms with E-state index in [1.54, 1.807) is 0 Å². The summed E-state index contributed by atoms with van der Waals surface area (Å²) in [6.07, 6.45) is 2.05. The predicted molar refractivity (Wildman–Crippen MR) is 67.3 cm³/mol. The van der Waals surface area contributed by atoms with E-state index >= 15 is 0 Å². The van der Waals surface area contributed by atoms with Crippen LogP contribution in [0.1, 0.15) is 33.6 Å². The first-order valence-electron chi connectivity index (χ1n) is 5.93. The average molecular weight is 232 g/mol. The van der Waals surface area contributed by atoms with Gasteiger partial charge in [0.25, 0.3) is 0 Å². The van der Waals surface area contributed by atoms with E-state index in [-0.39, 0.29) is 17.5 Å². The highest BCUT2D eigenvalue weighted by Crippen LogP contribution is 2.03. The summed E-state index contributed by atoms with van der Waals surface area (Å²) in [5, 5.41) is 0. The Labute approximate surface area is 96.5 Å². The molecule has 0 aliphatic rings. The molecule has 0 aliphatic heterocycles. The summed E-state index contributed by atoms with van der Waals surface area (Å²) < 4.78 is 11.3. The van der Waals surface area contributed by atoms with E-state index in [1.165, 1.54) is 0 Å². The first-order chi connectivity index (χ1) is 7.11. The van der Waals surface area contributed by atoms with Gasteiger partial charge < -0.3 is 15.2 Å². The Bertz CT molecular complexity index is 137. The molecule has 0 aliphatic carbocycles. The minimum Gasteiger partial charge on any atom is -0.357 e. The van der Waals surface area contributed by atoms with Gasteiger partial charge in [0.1, 0.15) is 15.4 Å². The number of hydrogen-bond acceptors (Lipinski definition) is 3. The number of hydrogen-bond donors (Lipinski definition) is 1. The summed E-state index contributed by atoms with van der Waals surface area (Å²) in [6.45, 7) is 11.7. The summed E-state index contributed by atoms with van der Waals surface area (Å²) in [5.41, 5.74) is 6.18. The summed E-state index contributed by atoms with van der Waals surface area (Å²) in [7, 11) is -0.568. The fourth-order valence-electron chi connectivity index (χ4n) is 1.14. The van der Waals surface area contributed by atoms with Gasteiger partial charge in [-0.2, -0.15) is 0 Å². The second-order valence-corrected chi connectivity index (χ2v) is 6.13. The van der Waals surface area contributed by atoms with Crippen LogP contribution < -0.4 is 5.73 Å². The molecular formula is C11H26NO2Si. The van der Waals surface area contributed by atoms with Crippen molar-refractivity contribution in [2.45, 2.75) is 45.2 Å². The van der Waals surface area contributed by atoms with E-state index in [0.29, 0.717) is 0 Å². The molecule has 0 saturated heterocycles. The lowest BCUT2D eigenvalue weighted by Gasteiger charge is -2.23. The molecule has 3 nitrogen and oxygen atoms in total. The van der Waals surface area contributed by atoms with Crippen molar-refractivity contribution in [1.82, 2.24) is 0 Å². The molecule has 0 aromatic carbocycles. The monoisotopic (exact) mass is 232 g/mol. The maximum Gasteiger partial charge on any atom is 0.136 e. The van der Waals surface area contributed by atoms with Gasteiger partial charge in [0.05, 0.1) is 0 Å². The molecule has 91 valence electrons. The molecule has 2 unspecified atom stereocenters. The summed E-state index contributed by atoms with van der Waals surface area (Å²) in [4.78, 5) is 0. The molecule has 0 saturated carbocycles. The van der Waals surface area contributed by atoms with Crippen LogP contribution in [-0.4, -0.2) is 34.3 Å². The van der Waals surface area contributed by atoms with Gasteiger partial charge in [-0.05, 0) is 31.3 Å². The molecule has 0 spiro atoms. The first kappa shape index (κ1) is 15.1. The Balaban J connectivity index is 3.87. The van der Waals surface area contributed by atoms with Crippen molar-refractivity contribution >= 4 is 9.52 Å². The summed E-state index contributed by atoms with van der Waals surface area (Å²) >= 11 is 0. The highest BCUT2D eigenvalue weighted by atomic mass is 28.2. The van der Waals surface area contributed by atoms with Gasteiger partial charge in [-0.1, -0.05) is 20.8 Å². The first-order valence-corrected chi connectivity index (χ1v) is 7.56. The molecule has 2 atom stereocenters. The maximum absolute atomic E-state index is 6.00. The highest BCUT2D eigenvalue weighted by Gasteiger charge is 2.17. The minimum absolute atomic E-state index is 0.0240. The Morgan fingerprint density at radius 1 is 1.20 bits per heavy atom. The molecule has 2 N–H and O–H groups in total. The van der Waals surface area contributed by atoms with Crippen LogP contribution in [0.4, 0.5) is 0 Å². The molecule has 1 radical (unpaired) electrons. The van der Waals surface area contributed by atoms with Crippen LogP contribution >= 0.6 is 0 Å². The molecule has 0 bridgehead atoms. The Hall–Kier alpha value is 0.0969. The average Bonchev–Trinajstić information content (AvgIpc) is 2.21. The van der Waals surface area contributed by atoms with Crippen molar-refractivity contribution in [2.24, 2.45) is 11.7 Å². The third kappa shape index (κ3) is 7.96. The van der Waals surface area contributed by atoms with E-state index in [1.807, 2.05) is 6.92 Å².